The highest BCUT2D eigenvalue weighted by atomic mass is 35.5. The number of esters is 2. The molecule has 3 atom stereocenters. The predicted molar refractivity (Wildman–Crippen MR) is 242 cm³/mol. The normalized spacial score (nSPS) is 16.8. The molecule has 23 heteroatoms. The number of fused-ring (bicyclic) bond motifs is 2. The third-order valence-corrected chi connectivity index (χ3v) is 11.9. The van der Waals surface area contributed by atoms with Gasteiger partial charge in [0.25, 0.3) is 11.8 Å². The highest BCUT2D eigenvalue weighted by Crippen LogP contribution is 2.41. The molecule has 1 aromatic carbocycles. The van der Waals surface area contributed by atoms with Gasteiger partial charge in [0, 0.05) is 29.7 Å². The van der Waals surface area contributed by atoms with E-state index in [0.717, 1.165) is 30.4 Å². The summed E-state index contributed by atoms with van der Waals surface area (Å²) in [6.07, 6.45) is 1.50. The van der Waals surface area contributed by atoms with E-state index in [1.165, 1.54) is 30.7 Å². The number of methoxy groups -OCH3 is 1. The number of anilines is 1. The molecule has 65 heavy (non-hydrogen) atoms. The fraction of sp³-hybridized carbons (Fsp3) is 0.405. The Bertz CT molecular complexity index is 2570. The number of aromatic nitrogens is 3. The smallest absolute Gasteiger partial charge is 0.413 e. The molecule has 4 aromatic rings. The van der Waals surface area contributed by atoms with Crippen LogP contribution in [-0.2, 0) is 67.4 Å². The van der Waals surface area contributed by atoms with E-state index in [2.05, 4.69) is 20.8 Å². The van der Waals surface area contributed by atoms with Crippen molar-refractivity contribution >= 4 is 100 Å². The largest absolute Gasteiger partial charge is 0.541 e. The SMILES string of the molecule is BOC(=O)[C@H](C)O/N=C(\C(=O)NC1C(=O)N2C(C(=O)OCc3ccc(OC)cc3)=C(C[n+]3cccc4c3ccn4CC(=O)OC(C)(C)C)CSC12)c1nc(NC(=O)OC(C)(C)C)sc1Cl. The van der Waals surface area contributed by atoms with E-state index in [9.17, 15) is 28.8 Å². The van der Waals surface area contributed by atoms with E-state index < -0.39 is 70.2 Å². The summed E-state index contributed by atoms with van der Waals surface area (Å²) >= 11 is 8.63. The summed E-state index contributed by atoms with van der Waals surface area (Å²) in [5, 5.41) is 8.22. The number of hydrogen-bond donors (Lipinski definition) is 2. The Balaban J connectivity index is 1.28. The maximum atomic E-state index is 14.2. The standard InChI is InChI=1S/C42H47BClN7O12S2/c1-22(37(55)62-43)63-48-30(29-33(44)65-39(46-29)47-40(57)61-42(5,6)7)34(53)45-31-35(54)51-32(38(56)59-20-23-11-13-25(58-8)14-12-23)24(21-64-36(31)51)18-49-16-9-10-26-27(49)15-17-50(26)19-28(52)60-41(2,3)4/h9-17,22,31,36H,18-21,43H2,1-8H3,(H-,45,46,47,53,57)/p+1/b48-30-/t22-,31?,36?/m0/s1. The van der Waals surface area contributed by atoms with Crippen molar-refractivity contribution in [2.24, 2.45) is 5.16 Å². The molecule has 3 aromatic heterocycles. The molecule has 0 aliphatic carbocycles. The van der Waals surface area contributed by atoms with Crippen molar-refractivity contribution in [2.75, 3.05) is 18.2 Å². The van der Waals surface area contributed by atoms with Gasteiger partial charge in [0.1, 0.15) is 62.8 Å². The number of oxime groups is 1. The minimum Gasteiger partial charge on any atom is -0.541 e. The van der Waals surface area contributed by atoms with Crippen LogP contribution in [0.1, 0.15) is 59.7 Å². The van der Waals surface area contributed by atoms with Crippen molar-refractivity contribution in [3.05, 3.63) is 81.7 Å². The van der Waals surface area contributed by atoms with E-state index in [1.54, 1.807) is 76.6 Å². The maximum absolute atomic E-state index is 14.2. The number of hydrogen-bond acceptors (Lipinski definition) is 16. The van der Waals surface area contributed by atoms with Crippen LogP contribution >= 0.6 is 34.7 Å². The molecule has 2 unspecified atom stereocenters. The number of thioether (sulfide) groups is 1. The van der Waals surface area contributed by atoms with Crippen molar-refractivity contribution in [1.82, 2.24) is 19.8 Å². The Labute approximate surface area is 388 Å². The summed E-state index contributed by atoms with van der Waals surface area (Å²) in [5.74, 6) is -2.69. The van der Waals surface area contributed by atoms with Crippen LogP contribution in [0, 0.1) is 0 Å². The number of carbonyl (C=O) groups is 6. The van der Waals surface area contributed by atoms with Gasteiger partial charge in [0.2, 0.25) is 11.6 Å². The summed E-state index contributed by atoms with van der Waals surface area (Å²) in [4.78, 5) is 90.8. The first-order valence-electron chi connectivity index (χ1n) is 20.1. The highest BCUT2D eigenvalue weighted by molar-refractivity contribution is 8.00. The molecular weight excluding hydrogens is 905 g/mol. The number of halogens is 1. The first-order chi connectivity index (χ1) is 30.7. The zero-order valence-corrected chi connectivity index (χ0v) is 39.5. The van der Waals surface area contributed by atoms with Crippen LogP contribution in [-0.4, -0.2) is 106 Å². The molecule has 19 nitrogen and oxygen atoms in total. The summed E-state index contributed by atoms with van der Waals surface area (Å²) in [5.41, 5.74) is 0.504. The molecule has 3 amide bonds. The number of amides is 3. The fourth-order valence-electron chi connectivity index (χ4n) is 6.58. The predicted octanol–water partition coefficient (Wildman–Crippen LogP) is 4.03. The third-order valence-electron chi connectivity index (χ3n) is 9.42. The van der Waals surface area contributed by atoms with E-state index >= 15 is 0 Å². The van der Waals surface area contributed by atoms with Crippen molar-refractivity contribution in [2.45, 2.75) is 96.9 Å². The summed E-state index contributed by atoms with van der Waals surface area (Å²) in [6, 6.07) is 11.3. The van der Waals surface area contributed by atoms with E-state index in [4.69, 9.17) is 40.0 Å². The van der Waals surface area contributed by atoms with E-state index in [0.29, 0.717) is 16.9 Å². The lowest BCUT2D eigenvalue weighted by atomic mass is 10.0. The zero-order valence-electron chi connectivity index (χ0n) is 37.1. The minimum atomic E-state index is -1.27. The van der Waals surface area contributed by atoms with E-state index in [1.807, 2.05) is 29.0 Å². The first-order valence-corrected chi connectivity index (χ1v) is 22.4. The van der Waals surface area contributed by atoms with Gasteiger partial charge in [-0.25, -0.2) is 19.4 Å². The molecule has 0 saturated carbocycles. The number of pyridine rings is 1. The van der Waals surface area contributed by atoms with Crippen LogP contribution in [0.3, 0.4) is 0 Å². The van der Waals surface area contributed by atoms with Gasteiger partial charge in [0.15, 0.2) is 23.6 Å². The Hall–Kier alpha value is -6.13. The van der Waals surface area contributed by atoms with Crippen molar-refractivity contribution in [1.29, 1.82) is 0 Å². The number of benzene rings is 1. The average Bonchev–Trinajstić information content (AvgIpc) is 3.82. The number of thiazole rings is 1. The highest BCUT2D eigenvalue weighted by Gasteiger charge is 2.55. The van der Waals surface area contributed by atoms with Crippen LogP contribution in [0.2, 0.25) is 4.34 Å². The number of rotatable bonds is 15. The number of ether oxygens (including phenoxy) is 4. The molecule has 2 aliphatic rings. The maximum Gasteiger partial charge on any atom is 0.413 e. The van der Waals surface area contributed by atoms with Crippen LogP contribution in [0.5, 0.6) is 5.75 Å². The van der Waals surface area contributed by atoms with E-state index in [-0.39, 0.29) is 46.3 Å². The van der Waals surface area contributed by atoms with Crippen LogP contribution in [0.15, 0.2) is 71.3 Å². The number of β-lactam (4-membered cyclic amide) rings is 1. The molecule has 5 heterocycles. The van der Waals surface area contributed by atoms with Crippen molar-refractivity contribution in [3.8, 4) is 5.75 Å². The van der Waals surface area contributed by atoms with Gasteiger partial charge in [0.05, 0.1) is 7.11 Å². The summed E-state index contributed by atoms with van der Waals surface area (Å²) < 4.78 is 30.2. The van der Waals surface area contributed by atoms with Gasteiger partial charge in [-0.15, -0.1) is 11.8 Å². The molecule has 2 aliphatic heterocycles. The number of nitrogens with zero attached hydrogens (tertiary/aromatic N) is 5. The molecule has 2 N–H and O–H groups in total. The van der Waals surface area contributed by atoms with Crippen LogP contribution in [0.25, 0.3) is 11.0 Å². The van der Waals surface area contributed by atoms with Gasteiger partial charge < -0.3 is 38.3 Å². The lowest BCUT2D eigenvalue weighted by molar-refractivity contribution is -0.663. The average molecular weight is 953 g/mol. The third kappa shape index (κ3) is 11.8. The second-order valence-electron chi connectivity index (χ2n) is 16.7. The summed E-state index contributed by atoms with van der Waals surface area (Å²) in [7, 11) is 2.69. The summed E-state index contributed by atoms with van der Waals surface area (Å²) in [6.45, 7) is 11.8. The topological polar surface area (TPSA) is 219 Å². The molecule has 344 valence electrons. The van der Waals surface area contributed by atoms with Gasteiger partial charge >= 0.3 is 32.1 Å². The molecule has 0 spiro atoms. The zero-order chi connectivity index (χ0) is 47.4. The number of carbonyl (C=O) groups excluding carboxylic acids is 6. The van der Waals surface area contributed by atoms with Gasteiger partial charge in [-0.3, -0.25) is 24.6 Å². The second-order valence-corrected chi connectivity index (χ2v) is 19.4. The molecule has 6 rings (SSSR count). The first kappa shape index (κ1) is 48.3. The number of nitrogens with one attached hydrogen (secondary N) is 2. The quantitative estimate of drug-likeness (QED) is 0.0327. The Kier molecular flexibility index (Phi) is 14.8. The fourth-order valence-corrected chi connectivity index (χ4v) is 8.94. The lowest BCUT2D eigenvalue weighted by Crippen LogP contribution is -2.71. The molecule has 0 bridgehead atoms. The molecule has 1 saturated heterocycles. The molecular formula is C42H48BClN7O12S2+. The van der Waals surface area contributed by atoms with Crippen molar-refractivity contribution in [3.63, 3.8) is 0 Å². The van der Waals surface area contributed by atoms with Gasteiger partial charge in [-0.1, -0.05) is 40.2 Å². The Morgan fingerprint density at radius 3 is 2.42 bits per heavy atom. The Morgan fingerprint density at radius 2 is 1.75 bits per heavy atom. The van der Waals surface area contributed by atoms with Crippen molar-refractivity contribution < 1.29 is 61.8 Å². The van der Waals surface area contributed by atoms with Gasteiger partial charge in [-0.05, 0) is 72.2 Å². The lowest BCUT2D eigenvalue weighted by Gasteiger charge is -2.49. The monoisotopic (exact) mass is 952 g/mol. The molecule has 1 fully saturated rings. The van der Waals surface area contributed by atoms with Crippen LogP contribution in [0.4, 0.5) is 9.93 Å². The Morgan fingerprint density at radius 1 is 1.05 bits per heavy atom. The van der Waals surface area contributed by atoms with Crippen LogP contribution < -0.4 is 19.9 Å². The van der Waals surface area contributed by atoms with Gasteiger partial charge in [-0.2, -0.15) is 4.57 Å². The minimum absolute atomic E-state index is 0.0139. The second kappa shape index (κ2) is 19.9. The molecule has 0 radical (unpaired) electrons.